The van der Waals surface area contributed by atoms with Gasteiger partial charge in [0, 0.05) is 6.54 Å². The normalized spacial score (nSPS) is 19.6. The number of hydrogen-bond donors (Lipinski definition) is 0. The predicted molar refractivity (Wildman–Crippen MR) is 58.2 cm³/mol. The van der Waals surface area contributed by atoms with Crippen molar-refractivity contribution in [1.82, 2.24) is 4.90 Å². The molecule has 18 heavy (non-hydrogen) atoms. The van der Waals surface area contributed by atoms with Gasteiger partial charge in [0.25, 0.3) is 0 Å². The minimum atomic E-state index is -4.29. The standard InChI is InChI=1S/C11H18F3NO3/c1-10(2,3)18-9(16)15(6-8-7-17-8)5-4-11(12,13)14/h8H,4-7H2,1-3H3. The Hall–Kier alpha value is -0.980. The summed E-state index contributed by atoms with van der Waals surface area (Å²) in [5.74, 6) is 0. The minimum Gasteiger partial charge on any atom is -0.444 e. The van der Waals surface area contributed by atoms with Gasteiger partial charge >= 0.3 is 12.3 Å². The molecule has 1 rings (SSSR count). The topological polar surface area (TPSA) is 42.1 Å². The predicted octanol–water partition coefficient (Wildman–Crippen LogP) is 2.57. The molecule has 0 aromatic heterocycles. The second-order valence-corrected chi connectivity index (χ2v) is 5.25. The van der Waals surface area contributed by atoms with Crippen molar-refractivity contribution in [2.45, 2.75) is 45.1 Å². The maximum Gasteiger partial charge on any atom is 0.410 e. The average molecular weight is 269 g/mol. The van der Waals surface area contributed by atoms with Gasteiger partial charge < -0.3 is 14.4 Å². The number of alkyl halides is 3. The van der Waals surface area contributed by atoms with Gasteiger partial charge in [0.2, 0.25) is 0 Å². The molecular formula is C11H18F3NO3. The quantitative estimate of drug-likeness (QED) is 0.737. The molecule has 0 radical (unpaired) electrons. The molecule has 4 nitrogen and oxygen atoms in total. The number of rotatable bonds is 4. The van der Waals surface area contributed by atoms with Gasteiger partial charge in [-0.2, -0.15) is 13.2 Å². The van der Waals surface area contributed by atoms with Gasteiger partial charge in [-0.15, -0.1) is 0 Å². The summed E-state index contributed by atoms with van der Waals surface area (Å²) in [6, 6.07) is 0. The van der Waals surface area contributed by atoms with Crippen LogP contribution in [0.15, 0.2) is 0 Å². The summed E-state index contributed by atoms with van der Waals surface area (Å²) in [7, 11) is 0. The van der Waals surface area contributed by atoms with Crippen LogP contribution in [0.25, 0.3) is 0 Å². The lowest BCUT2D eigenvalue weighted by Gasteiger charge is -2.27. The molecule has 0 N–H and O–H groups in total. The third-order valence-electron chi connectivity index (χ3n) is 2.14. The van der Waals surface area contributed by atoms with Gasteiger partial charge in [0.15, 0.2) is 0 Å². The Morgan fingerprint density at radius 3 is 2.33 bits per heavy atom. The summed E-state index contributed by atoms with van der Waals surface area (Å²) >= 11 is 0. The monoisotopic (exact) mass is 269 g/mol. The van der Waals surface area contributed by atoms with E-state index in [9.17, 15) is 18.0 Å². The molecule has 0 aliphatic carbocycles. The molecule has 0 bridgehead atoms. The van der Waals surface area contributed by atoms with Crippen molar-refractivity contribution < 1.29 is 27.4 Å². The number of carbonyl (C=O) groups is 1. The van der Waals surface area contributed by atoms with E-state index in [-0.39, 0.29) is 12.6 Å². The van der Waals surface area contributed by atoms with E-state index in [0.717, 1.165) is 4.90 Å². The van der Waals surface area contributed by atoms with Crippen LogP contribution < -0.4 is 0 Å². The second kappa shape index (κ2) is 5.34. The highest BCUT2D eigenvalue weighted by Crippen LogP contribution is 2.22. The van der Waals surface area contributed by atoms with Crippen LogP contribution in [0.3, 0.4) is 0 Å². The van der Waals surface area contributed by atoms with Gasteiger partial charge in [0.05, 0.1) is 25.7 Å². The number of hydrogen-bond acceptors (Lipinski definition) is 3. The fourth-order valence-electron chi connectivity index (χ4n) is 1.26. The Balaban J connectivity index is 2.51. The van der Waals surface area contributed by atoms with Crippen LogP contribution in [0.5, 0.6) is 0 Å². The number of halogens is 3. The van der Waals surface area contributed by atoms with Crippen LogP contribution in [0.1, 0.15) is 27.2 Å². The number of ether oxygens (including phenoxy) is 2. The van der Waals surface area contributed by atoms with E-state index in [0.29, 0.717) is 6.61 Å². The Labute approximate surface area is 104 Å². The zero-order chi connectivity index (χ0) is 14.0. The Morgan fingerprint density at radius 1 is 1.39 bits per heavy atom. The van der Waals surface area contributed by atoms with Gasteiger partial charge in [-0.1, -0.05) is 0 Å². The van der Waals surface area contributed by atoms with E-state index in [1.807, 2.05) is 0 Å². The van der Waals surface area contributed by atoms with Gasteiger partial charge in [0.1, 0.15) is 5.60 Å². The lowest BCUT2D eigenvalue weighted by molar-refractivity contribution is -0.137. The molecule has 0 spiro atoms. The molecule has 0 aromatic rings. The summed E-state index contributed by atoms with van der Waals surface area (Å²) in [5.41, 5.74) is -0.724. The summed E-state index contributed by atoms with van der Waals surface area (Å²) in [4.78, 5) is 12.8. The smallest absolute Gasteiger partial charge is 0.410 e. The molecule has 0 saturated carbocycles. The number of epoxide rings is 1. The molecule has 106 valence electrons. The summed E-state index contributed by atoms with van der Waals surface area (Å²) in [6.45, 7) is 5.22. The molecule has 1 aliphatic heterocycles. The van der Waals surface area contributed by atoms with Gasteiger partial charge in [-0.3, -0.25) is 0 Å². The van der Waals surface area contributed by atoms with Crippen molar-refractivity contribution in [1.29, 1.82) is 0 Å². The average Bonchev–Trinajstić information content (AvgIpc) is 2.90. The summed E-state index contributed by atoms with van der Waals surface area (Å²) in [5, 5.41) is 0. The lowest BCUT2D eigenvalue weighted by Crippen LogP contribution is -2.40. The fourth-order valence-corrected chi connectivity index (χ4v) is 1.26. The lowest BCUT2D eigenvalue weighted by atomic mass is 10.2. The Bertz CT molecular complexity index is 295. The summed E-state index contributed by atoms with van der Waals surface area (Å²) in [6.07, 6.45) is -6.23. The van der Waals surface area contributed by atoms with Crippen molar-refractivity contribution in [2.75, 3.05) is 19.7 Å². The van der Waals surface area contributed by atoms with E-state index in [1.54, 1.807) is 20.8 Å². The largest absolute Gasteiger partial charge is 0.444 e. The first-order valence-electron chi connectivity index (χ1n) is 5.73. The van der Waals surface area contributed by atoms with E-state index < -0.39 is 30.8 Å². The van der Waals surface area contributed by atoms with Gasteiger partial charge in [-0.05, 0) is 20.8 Å². The van der Waals surface area contributed by atoms with E-state index in [4.69, 9.17) is 9.47 Å². The molecular weight excluding hydrogens is 251 g/mol. The van der Waals surface area contributed by atoms with Crippen LogP contribution in [0.2, 0.25) is 0 Å². The van der Waals surface area contributed by atoms with Crippen molar-refractivity contribution in [3.8, 4) is 0 Å². The van der Waals surface area contributed by atoms with Crippen LogP contribution in [-0.4, -0.2) is 48.6 Å². The molecule has 0 aromatic carbocycles. The van der Waals surface area contributed by atoms with Crippen molar-refractivity contribution in [3.05, 3.63) is 0 Å². The second-order valence-electron chi connectivity index (χ2n) is 5.25. The zero-order valence-corrected chi connectivity index (χ0v) is 10.7. The Kier molecular flexibility index (Phi) is 4.47. The van der Waals surface area contributed by atoms with Crippen LogP contribution >= 0.6 is 0 Å². The van der Waals surface area contributed by atoms with Crippen LogP contribution in [-0.2, 0) is 9.47 Å². The first-order chi connectivity index (χ1) is 8.07. The molecule has 1 saturated heterocycles. The SMILES string of the molecule is CC(C)(C)OC(=O)N(CCC(F)(F)F)CC1CO1. The zero-order valence-electron chi connectivity index (χ0n) is 10.7. The van der Waals surface area contributed by atoms with Crippen molar-refractivity contribution >= 4 is 6.09 Å². The van der Waals surface area contributed by atoms with E-state index >= 15 is 0 Å². The van der Waals surface area contributed by atoms with E-state index in [1.165, 1.54) is 0 Å². The number of amides is 1. The highest BCUT2D eigenvalue weighted by molar-refractivity contribution is 5.68. The highest BCUT2D eigenvalue weighted by Gasteiger charge is 2.34. The number of carbonyl (C=O) groups excluding carboxylic acids is 1. The third-order valence-corrected chi connectivity index (χ3v) is 2.14. The van der Waals surface area contributed by atoms with E-state index in [2.05, 4.69) is 0 Å². The Morgan fingerprint density at radius 2 is 1.94 bits per heavy atom. The van der Waals surface area contributed by atoms with Crippen molar-refractivity contribution in [3.63, 3.8) is 0 Å². The molecule has 1 aliphatic rings. The maximum atomic E-state index is 12.2. The molecule has 1 heterocycles. The first-order valence-corrected chi connectivity index (χ1v) is 5.73. The third kappa shape index (κ3) is 6.68. The summed E-state index contributed by atoms with van der Waals surface area (Å²) < 4.78 is 46.5. The first kappa shape index (κ1) is 15.1. The fraction of sp³-hybridized carbons (Fsp3) is 0.909. The molecule has 1 unspecified atom stereocenters. The molecule has 1 atom stereocenters. The van der Waals surface area contributed by atoms with Crippen LogP contribution in [0.4, 0.5) is 18.0 Å². The molecule has 7 heteroatoms. The van der Waals surface area contributed by atoms with Gasteiger partial charge in [-0.25, -0.2) is 4.79 Å². The molecule has 1 fully saturated rings. The molecule has 1 amide bonds. The van der Waals surface area contributed by atoms with Crippen LogP contribution in [0, 0.1) is 0 Å². The maximum absolute atomic E-state index is 12.2. The minimum absolute atomic E-state index is 0.144. The van der Waals surface area contributed by atoms with Crippen molar-refractivity contribution in [2.24, 2.45) is 0 Å². The number of nitrogens with zero attached hydrogens (tertiary/aromatic N) is 1. The highest BCUT2D eigenvalue weighted by atomic mass is 19.4.